The molecule has 1 saturated heterocycles. The summed E-state index contributed by atoms with van der Waals surface area (Å²) in [6.07, 6.45) is 1.97. The van der Waals surface area contributed by atoms with Crippen LogP contribution >= 0.6 is 15.9 Å². The molecule has 10 heteroatoms. The van der Waals surface area contributed by atoms with Crippen LogP contribution in [-0.4, -0.2) is 70.6 Å². The molecule has 0 radical (unpaired) electrons. The number of hydrogen-bond acceptors (Lipinski definition) is 7. The smallest absolute Gasteiger partial charge is 0.416 e. The van der Waals surface area contributed by atoms with E-state index in [4.69, 9.17) is 14.2 Å². The zero-order chi connectivity index (χ0) is 24.1. The van der Waals surface area contributed by atoms with Crippen LogP contribution in [0.3, 0.4) is 0 Å². The molecule has 0 saturated carbocycles. The number of hydrogen-bond donors (Lipinski definition) is 0. The minimum atomic E-state index is -0.639. The highest BCUT2D eigenvalue weighted by molar-refractivity contribution is 9.10. The minimum Gasteiger partial charge on any atom is -0.443 e. The molecule has 9 nitrogen and oxygen atoms in total. The van der Waals surface area contributed by atoms with Gasteiger partial charge in [0.15, 0.2) is 5.65 Å². The number of aromatic nitrogens is 3. The van der Waals surface area contributed by atoms with Gasteiger partial charge in [0, 0.05) is 32.2 Å². The molecule has 1 aromatic carbocycles. The number of rotatable bonds is 7. The van der Waals surface area contributed by atoms with Crippen molar-refractivity contribution in [3.8, 4) is 11.6 Å². The summed E-state index contributed by atoms with van der Waals surface area (Å²) >= 11 is 3.51. The molecule has 0 aliphatic carbocycles. The molecule has 1 fully saturated rings. The highest BCUT2D eigenvalue weighted by Crippen LogP contribution is 2.29. The lowest BCUT2D eigenvalue weighted by Gasteiger charge is -2.30. The number of benzene rings is 1. The Morgan fingerprint density at radius 1 is 1.21 bits per heavy atom. The zero-order valence-corrected chi connectivity index (χ0v) is 21.3. The number of halogens is 1. The van der Waals surface area contributed by atoms with Crippen LogP contribution in [0.1, 0.15) is 27.2 Å². The predicted octanol–water partition coefficient (Wildman–Crippen LogP) is 4.75. The van der Waals surface area contributed by atoms with E-state index in [9.17, 15) is 4.79 Å². The van der Waals surface area contributed by atoms with Crippen LogP contribution in [0.15, 0.2) is 47.1 Å². The number of para-hydroxylation sites is 1. The standard InChI is InChI=1S/C24H30BrN5O4/c1-24(2,3)34-23(31)29(11-7-10-28-12-14-32-15-13-28)21-16-20(33-18-8-5-4-6-9-18)27-22-19(25)17-26-30(21)22/h4-6,8-9,16-17H,7,10-15H2,1-3H3. The Bertz CT molecular complexity index is 1110. The van der Waals surface area contributed by atoms with Crippen LogP contribution in [0.5, 0.6) is 11.6 Å². The van der Waals surface area contributed by atoms with Crippen LogP contribution in [-0.2, 0) is 9.47 Å². The van der Waals surface area contributed by atoms with Crippen LogP contribution in [0, 0.1) is 0 Å². The normalized spacial score (nSPS) is 14.8. The number of carbonyl (C=O) groups excluding carboxylic acids is 1. The van der Waals surface area contributed by atoms with Crippen molar-refractivity contribution in [1.82, 2.24) is 19.5 Å². The molecule has 0 bridgehead atoms. The Balaban J connectivity index is 1.65. The van der Waals surface area contributed by atoms with Crippen molar-refractivity contribution >= 4 is 33.5 Å². The van der Waals surface area contributed by atoms with Crippen molar-refractivity contribution < 1.29 is 19.0 Å². The van der Waals surface area contributed by atoms with Gasteiger partial charge in [-0.15, -0.1) is 0 Å². The summed E-state index contributed by atoms with van der Waals surface area (Å²) in [7, 11) is 0. The first kappa shape index (κ1) is 24.4. The number of carbonyl (C=O) groups is 1. The van der Waals surface area contributed by atoms with Gasteiger partial charge in [-0.2, -0.15) is 14.6 Å². The lowest BCUT2D eigenvalue weighted by molar-refractivity contribution is 0.0371. The molecule has 1 aliphatic rings. The summed E-state index contributed by atoms with van der Waals surface area (Å²) in [4.78, 5) is 21.9. The largest absolute Gasteiger partial charge is 0.443 e. The summed E-state index contributed by atoms with van der Waals surface area (Å²) in [6.45, 7) is 10.1. The number of anilines is 1. The number of fused-ring (bicyclic) bond motifs is 1. The topological polar surface area (TPSA) is 81.4 Å². The molecule has 4 rings (SSSR count). The van der Waals surface area contributed by atoms with Gasteiger partial charge in [-0.25, -0.2) is 4.79 Å². The van der Waals surface area contributed by atoms with E-state index in [1.54, 1.807) is 21.7 Å². The van der Waals surface area contributed by atoms with Crippen molar-refractivity contribution in [2.45, 2.75) is 32.8 Å². The van der Waals surface area contributed by atoms with Crippen molar-refractivity contribution in [2.24, 2.45) is 0 Å². The van der Waals surface area contributed by atoms with Gasteiger partial charge in [0.25, 0.3) is 0 Å². The van der Waals surface area contributed by atoms with Gasteiger partial charge in [0.1, 0.15) is 17.2 Å². The van der Waals surface area contributed by atoms with E-state index < -0.39 is 11.7 Å². The second-order valence-corrected chi connectivity index (χ2v) is 9.89. The number of ether oxygens (including phenoxy) is 3. The number of amides is 1. The fourth-order valence-corrected chi connectivity index (χ4v) is 3.99. The van der Waals surface area contributed by atoms with Gasteiger partial charge >= 0.3 is 6.09 Å². The Morgan fingerprint density at radius 3 is 2.65 bits per heavy atom. The molecule has 3 aromatic rings. The highest BCUT2D eigenvalue weighted by Gasteiger charge is 2.27. The second kappa shape index (κ2) is 10.7. The quantitative estimate of drug-likeness (QED) is 0.435. The van der Waals surface area contributed by atoms with E-state index >= 15 is 0 Å². The molecule has 0 atom stereocenters. The van der Waals surface area contributed by atoms with Gasteiger partial charge in [-0.1, -0.05) is 18.2 Å². The van der Waals surface area contributed by atoms with Gasteiger partial charge in [0.2, 0.25) is 5.88 Å². The van der Waals surface area contributed by atoms with Gasteiger partial charge in [-0.3, -0.25) is 9.80 Å². The maximum absolute atomic E-state index is 13.3. The first-order valence-corrected chi connectivity index (χ1v) is 12.2. The van der Waals surface area contributed by atoms with Crippen LogP contribution in [0.25, 0.3) is 5.65 Å². The minimum absolute atomic E-state index is 0.358. The van der Waals surface area contributed by atoms with Crippen molar-refractivity contribution in [3.05, 3.63) is 47.1 Å². The van der Waals surface area contributed by atoms with E-state index in [1.165, 1.54) is 0 Å². The monoisotopic (exact) mass is 531 g/mol. The van der Waals surface area contributed by atoms with Gasteiger partial charge in [-0.05, 0) is 55.3 Å². The first-order chi connectivity index (χ1) is 16.3. The van der Waals surface area contributed by atoms with Crippen LogP contribution in [0.2, 0.25) is 0 Å². The highest BCUT2D eigenvalue weighted by atomic mass is 79.9. The fourth-order valence-electron chi connectivity index (χ4n) is 3.65. The molecule has 182 valence electrons. The van der Waals surface area contributed by atoms with E-state index in [1.807, 2.05) is 51.1 Å². The fraction of sp³-hybridized carbons (Fsp3) is 0.458. The molecule has 34 heavy (non-hydrogen) atoms. The molecule has 0 spiro atoms. The van der Waals surface area contributed by atoms with Crippen molar-refractivity contribution in [1.29, 1.82) is 0 Å². The molecule has 1 aliphatic heterocycles. The van der Waals surface area contributed by atoms with Gasteiger partial charge in [0.05, 0.1) is 23.9 Å². The average Bonchev–Trinajstić information content (AvgIpc) is 3.17. The zero-order valence-electron chi connectivity index (χ0n) is 19.7. The van der Waals surface area contributed by atoms with E-state index in [-0.39, 0.29) is 0 Å². The maximum Gasteiger partial charge on any atom is 0.416 e. The Hall–Kier alpha value is -2.69. The third-order valence-corrected chi connectivity index (χ3v) is 5.76. The Morgan fingerprint density at radius 2 is 1.94 bits per heavy atom. The van der Waals surface area contributed by atoms with Crippen molar-refractivity contribution in [3.63, 3.8) is 0 Å². The number of morpholine rings is 1. The van der Waals surface area contributed by atoms with Crippen LogP contribution < -0.4 is 9.64 Å². The Labute approximate surface area is 207 Å². The average molecular weight is 532 g/mol. The third kappa shape index (κ3) is 6.25. The summed E-state index contributed by atoms with van der Waals surface area (Å²) in [5.41, 5.74) is -0.0927. The molecule has 2 aromatic heterocycles. The SMILES string of the molecule is CC(C)(C)OC(=O)N(CCCN1CCOCC1)c1cc(Oc2ccccc2)nc2c(Br)cnn12. The molecule has 0 N–H and O–H groups in total. The van der Waals surface area contributed by atoms with Crippen molar-refractivity contribution in [2.75, 3.05) is 44.3 Å². The predicted molar refractivity (Wildman–Crippen MR) is 133 cm³/mol. The Kier molecular flexibility index (Phi) is 7.70. The molecule has 0 unspecified atom stereocenters. The molecular formula is C24H30BrN5O4. The van der Waals surface area contributed by atoms with Crippen LogP contribution in [0.4, 0.5) is 10.6 Å². The summed E-state index contributed by atoms with van der Waals surface area (Å²) in [6, 6.07) is 11.1. The van der Waals surface area contributed by atoms with E-state index in [0.717, 1.165) is 39.3 Å². The lowest BCUT2D eigenvalue weighted by Crippen LogP contribution is -2.41. The first-order valence-electron chi connectivity index (χ1n) is 11.4. The number of nitrogens with zero attached hydrogens (tertiary/aromatic N) is 5. The summed E-state index contributed by atoms with van der Waals surface area (Å²) in [5, 5.41) is 4.44. The third-order valence-electron chi connectivity index (χ3n) is 5.20. The summed E-state index contributed by atoms with van der Waals surface area (Å²) < 4.78 is 19.5. The lowest BCUT2D eigenvalue weighted by atomic mass is 10.2. The second-order valence-electron chi connectivity index (χ2n) is 9.04. The van der Waals surface area contributed by atoms with E-state index in [0.29, 0.717) is 34.1 Å². The molecule has 3 heterocycles. The van der Waals surface area contributed by atoms with Gasteiger partial charge < -0.3 is 14.2 Å². The summed E-state index contributed by atoms with van der Waals surface area (Å²) in [5.74, 6) is 1.53. The van der Waals surface area contributed by atoms with E-state index in [2.05, 4.69) is 30.9 Å². The molecule has 1 amide bonds. The molecular weight excluding hydrogens is 502 g/mol. The maximum atomic E-state index is 13.3.